The summed E-state index contributed by atoms with van der Waals surface area (Å²) in [5, 5.41) is 3.47. The van der Waals surface area contributed by atoms with Crippen molar-refractivity contribution in [2.24, 2.45) is 11.1 Å². The van der Waals surface area contributed by atoms with Gasteiger partial charge in [-0.2, -0.15) is 0 Å². The van der Waals surface area contributed by atoms with Crippen LogP contribution in [0, 0.1) is 5.41 Å². The fraction of sp³-hybridized carbons (Fsp3) is 1.00. The summed E-state index contributed by atoms with van der Waals surface area (Å²) in [6.07, 6.45) is 5.24. The SMILES string of the molecule is CC1(CNCC2(N)CC2)CC1. The Hall–Kier alpha value is -0.0800. The molecule has 2 aliphatic rings. The Labute approximate surface area is 68.5 Å². The summed E-state index contributed by atoms with van der Waals surface area (Å²) in [7, 11) is 0. The van der Waals surface area contributed by atoms with Crippen molar-refractivity contribution < 1.29 is 0 Å². The van der Waals surface area contributed by atoms with Crippen molar-refractivity contribution in [1.82, 2.24) is 5.32 Å². The van der Waals surface area contributed by atoms with E-state index in [-0.39, 0.29) is 5.54 Å². The van der Waals surface area contributed by atoms with Crippen molar-refractivity contribution >= 4 is 0 Å². The molecule has 11 heavy (non-hydrogen) atoms. The molecule has 2 heteroatoms. The number of nitrogens with one attached hydrogen (secondary N) is 1. The Kier molecular flexibility index (Phi) is 1.52. The van der Waals surface area contributed by atoms with Crippen LogP contribution < -0.4 is 11.1 Å². The molecule has 0 heterocycles. The number of hydrogen-bond acceptors (Lipinski definition) is 2. The summed E-state index contributed by atoms with van der Waals surface area (Å²) in [6, 6.07) is 0. The highest BCUT2D eigenvalue weighted by molar-refractivity contribution is 5.01. The molecule has 2 nitrogen and oxygen atoms in total. The van der Waals surface area contributed by atoms with Crippen LogP contribution in [0.4, 0.5) is 0 Å². The molecule has 0 atom stereocenters. The van der Waals surface area contributed by atoms with E-state index in [1.54, 1.807) is 0 Å². The van der Waals surface area contributed by atoms with E-state index in [2.05, 4.69) is 12.2 Å². The highest BCUT2D eigenvalue weighted by Gasteiger charge is 2.40. The smallest absolute Gasteiger partial charge is 0.0282 e. The summed E-state index contributed by atoms with van der Waals surface area (Å²) >= 11 is 0. The first-order valence-electron chi connectivity index (χ1n) is 4.62. The minimum Gasteiger partial charge on any atom is -0.324 e. The van der Waals surface area contributed by atoms with Gasteiger partial charge in [0.05, 0.1) is 0 Å². The van der Waals surface area contributed by atoms with E-state index in [0.717, 1.165) is 6.54 Å². The summed E-state index contributed by atoms with van der Waals surface area (Å²) in [6.45, 7) is 4.55. The van der Waals surface area contributed by atoms with E-state index >= 15 is 0 Å². The Morgan fingerprint density at radius 3 is 2.27 bits per heavy atom. The van der Waals surface area contributed by atoms with Crippen molar-refractivity contribution in [2.45, 2.75) is 38.1 Å². The van der Waals surface area contributed by atoms with Crippen LogP contribution in [0.2, 0.25) is 0 Å². The van der Waals surface area contributed by atoms with Gasteiger partial charge in [-0.05, 0) is 31.1 Å². The van der Waals surface area contributed by atoms with Crippen LogP contribution in [0.25, 0.3) is 0 Å². The Bertz CT molecular complexity index is 139. The first kappa shape index (κ1) is 7.56. The Balaban J connectivity index is 1.60. The molecule has 64 valence electrons. The van der Waals surface area contributed by atoms with Gasteiger partial charge in [-0.3, -0.25) is 0 Å². The average Bonchev–Trinajstić information content (AvgIpc) is 2.78. The van der Waals surface area contributed by atoms with E-state index in [1.165, 1.54) is 32.2 Å². The third kappa shape index (κ3) is 1.94. The zero-order valence-electron chi connectivity index (χ0n) is 7.32. The topological polar surface area (TPSA) is 38.0 Å². The zero-order chi connectivity index (χ0) is 7.95. The third-order valence-corrected chi connectivity index (χ3v) is 3.02. The molecule has 0 amide bonds. The van der Waals surface area contributed by atoms with E-state index in [0.29, 0.717) is 5.41 Å². The van der Waals surface area contributed by atoms with Gasteiger partial charge in [0.1, 0.15) is 0 Å². The normalized spacial score (nSPS) is 30.0. The Morgan fingerprint density at radius 1 is 1.18 bits per heavy atom. The van der Waals surface area contributed by atoms with Crippen LogP contribution in [0.15, 0.2) is 0 Å². The second-order valence-electron chi connectivity index (χ2n) is 4.78. The molecule has 0 saturated heterocycles. The first-order valence-corrected chi connectivity index (χ1v) is 4.62. The second kappa shape index (κ2) is 2.20. The van der Waals surface area contributed by atoms with Gasteiger partial charge >= 0.3 is 0 Å². The lowest BCUT2D eigenvalue weighted by molar-refractivity contribution is 0.471. The maximum absolute atomic E-state index is 5.93. The summed E-state index contributed by atoms with van der Waals surface area (Å²) in [5.41, 5.74) is 6.75. The van der Waals surface area contributed by atoms with Gasteiger partial charge in [0.25, 0.3) is 0 Å². The van der Waals surface area contributed by atoms with Crippen LogP contribution in [-0.2, 0) is 0 Å². The highest BCUT2D eigenvalue weighted by Crippen LogP contribution is 2.44. The van der Waals surface area contributed by atoms with Crippen molar-refractivity contribution in [3.8, 4) is 0 Å². The average molecular weight is 154 g/mol. The third-order valence-electron chi connectivity index (χ3n) is 3.02. The van der Waals surface area contributed by atoms with Crippen molar-refractivity contribution in [2.75, 3.05) is 13.1 Å². The number of rotatable bonds is 4. The molecule has 0 aromatic heterocycles. The van der Waals surface area contributed by atoms with Gasteiger partial charge < -0.3 is 11.1 Å². The molecule has 3 N–H and O–H groups in total. The lowest BCUT2D eigenvalue weighted by Crippen LogP contribution is -2.37. The summed E-state index contributed by atoms with van der Waals surface area (Å²) < 4.78 is 0. The van der Waals surface area contributed by atoms with E-state index < -0.39 is 0 Å². The van der Waals surface area contributed by atoms with E-state index in [1.807, 2.05) is 0 Å². The minimum absolute atomic E-state index is 0.186. The van der Waals surface area contributed by atoms with E-state index in [4.69, 9.17) is 5.73 Å². The van der Waals surface area contributed by atoms with Gasteiger partial charge in [-0.15, -0.1) is 0 Å². The van der Waals surface area contributed by atoms with Gasteiger partial charge in [0.15, 0.2) is 0 Å². The number of nitrogens with two attached hydrogens (primary N) is 1. The fourth-order valence-corrected chi connectivity index (χ4v) is 1.34. The van der Waals surface area contributed by atoms with Crippen molar-refractivity contribution in [1.29, 1.82) is 0 Å². The van der Waals surface area contributed by atoms with Crippen molar-refractivity contribution in [3.05, 3.63) is 0 Å². The van der Waals surface area contributed by atoms with Gasteiger partial charge in [0, 0.05) is 18.6 Å². The number of hydrogen-bond donors (Lipinski definition) is 2. The van der Waals surface area contributed by atoms with Crippen LogP contribution in [0.5, 0.6) is 0 Å². The largest absolute Gasteiger partial charge is 0.324 e. The first-order chi connectivity index (χ1) is 5.12. The quantitative estimate of drug-likeness (QED) is 0.630. The molecule has 0 aromatic carbocycles. The summed E-state index contributed by atoms with van der Waals surface area (Å²) in [5.74, 6) is 0. The monoisotopic (exact) mass is 154 g/mol. The van der Waals surface area contributed by atoms with Crippen LogP contribution in [0.1, 0.15) is 32.6 Å². The molecule has 2 fully saturated rings. The molecule has 0 aromatic rings. The molecule has 2 aliphatic carbocycles. The predicted molar refractivity (Wildman–Crippen MR) is 46.4 cm³/mol. The zero-order valence-corrected chi connectivity index (χ0v) is 7.32. The van der Waals surface area contributed by atoms with Crippen LogP contribution in [0.3, 0.4) is 0 Å². The standard InChI is InChI=1S/C9H18N2/c1-8(2-3-8)6-11-7-9(10)4-5-9/h11H,2-7,10H2,1H3. The lowest BCUT2D eigenvalue weighted by atomic mass is 10.1. The molecule has 0 bridgehead atoms. The fourth-order valence-electron chi connectivity index (χ4n) is 1.34. The van der Waals surface area contributed by atoms with Crippen molar-refractivity contribution in [3.63, 3.8) is 0 Å². The minimum atomic E-state index is 0.186. The molecule has 0 aliphatic heterocycles. The molecular formula is C9H18N2. The molecule has 0 radical (unpaired) electrons. The lowest BCUT2D eigenvalue weighted by Gasteiger charge is -2.13. The highest BCUT2D eigenvalue weighted by atomic mass is 15.0. The molecular weight excluding hydrogens is 136 g/mol. The summed E-state index contributed by atoms with van der Waals surface area (Å²) in [4.78, 5) is 0. The molecule has 2 rings (SSSR count). The van der Waals surface area contributed by atoms with Gasteiger partial charge in [0.2, 0.25) is 0 Å². The van der Waals surface area contributed by atoms with Crippen LogP contribution >= 0.6 is 0 Å². The molecule has 0 unspecified atom stereocenters. The molecule has 0 spiro atoms. The Morgan fingerprint density at radius 2 is 1.82 bits per heavy atom. The molecule has 2 saturated carbocycles. The van der Waals surface area contributed by atoms with Crippen LogP contribution in [-0.4, -0.2) is 18.6 Å². The van der Waals surface area contributed by atoms with Gasteiger partial charge in [-0.1, -0.05) is 6.92 Å². The van der Waals surface area contributed by atoms with E-state index in [9.17, 15) is 0 Å². The van der Waals surface area contributed by atoms with Gasteiger partial charge in [-0.25, -0.2) is 0 Å². The maximum atomic E-state index is 5.93. The maximum Gasteiger partial charge on any atom is 0.0282 e. The predicted octanol–water partition coefficient (Wildman–Crippen LogP) is 0.867. The second-order valence-corrected chi connectivity index (χ2v) is 4.78.